The Hall–Kier alpha value is -0.860. The zero-order valence-corrected chi connectivity index (χ0v) is 13.3. The number of nitrogens with one attached hydrogen (secondary N) is 1. The fourth-order valence-corrected chi connectivity index (χ4v) is 3.19. The maximum atomic E-state index is 3.69. The maximum absolute atomic E-state index is 3.69. The molecule has 1 aromatic carbocycles. The number of rotatable bonds is 6. The summed E-state index contributed by atoms with van der Waals surface area (Å²) < 4.78 is 0. The van der Waals surface area contributed by atoms with E-state index in [9.17, 15) is 0 Å². The number of hydrogen-bond donors (Lipinski definition) is 1. The van der Waals surface area contributed by atoms with Crippen LogP contribution >= 0.6 is 0 Å². The van der Waals surface area contributed by atoms with E-state index in [0.29, 0.717) is 18.0 Å². The first-order valence-corrected chi connectivity index (χ1v) is 8.18. The molecule has 1 aliphatic heterocycles. The van der Waals surface area contributed by atoms with Crippen molar-refractivity contribution in [3.8, 4) is 0 Å². The summed E-state index contributed by atoms with van der Waals surface area (Å²) in [5.41, 5.74) is 1.47. The Morgan fingerprint density at radius 1 is 1.20 bits per heavy atom. The molecule has 2 rings (SSSR count). The summed E-state index contributed by atoms with van der Waals surface area (Å²) in [5.74, 6) is 0.662. The molecule has 0 saturated carbocycles. The molecule has 2 atom stereocenters. The van der Waals surface area contributed by atoms with Crippen molar-refractivity contribution in [3.63, 3.8) is 0 Å². The van der Waals surface area contributed by atoms with Crippen LogP contribution in [0.25, 0.3) is 0 Å². The Bertz CT molecular complexity index is 374. The second-order valence-corrected chi connectivity index (χ2v) is 6.56. The van der Waals surface area contributed by atoms with Crippen LogP contribution in [0, 0.1) is 0 Å². The lowest BCUT2D eigenvalue weighted by Gasteiger charge is -2.34. The maximum Gasteiger partial charge on any atom is 0.0197 e. The van der Waals surface area contributed by atoms with Gasteiger partial charge in [0.25, 0.3) is 0 Å². The van der Waals surface area contributed by atoms with Crippen molar-refractivity contribution in [2.24, 2.45) is 0 Å². The number of likely N-dealkylation sites (tertiary alicyclic amines) is 1. The summed E-state index contributed by atoms with van der Waals surface area (Å²) >= 11 is 0. The number of piperidine rings is 1. The predicted molar refractivity (Wildman–Crippen MR) is 87.2 cm³/mol. The second-order valence-electron chi connectivity index (χ2n) is 6.56. The molecule has 1 aliphatic rings. The van der Waals surface area contributed by atoms with E-state index in [4.69, 9.17) is 0 Å². The molecular weight excluding hydrogens is 244 g/mol. The van der Waals surface area contributed by atoms with Gasteiger partial charge in [-0.15, -0.1) is 0 Å². The average molecular weight is 274 g/mol. The summed E-state index contributed by atoms with van der Waals surface area (Å²) in [4.78, 5) is 2.64. The van der Waals surface area contributed by atoms with Crippen molar-refractivity contribution in [3.05, 3.63) is 35.9 Å². The predicted octanol–water partition coefficient (Wildman–Crippen LogP) is 3.64. The first-order chi connectivity index (χ1) is 9.65. The van der Waals surface area contributed by atoms with Crippen molar-refractivity contribution < 1.29 is 0 Å². The standard InChI is InChI=1S/C18H30N2/c1-15(2)19-18-10-7-12-20(14-18)13-11-16(3)17-8-5-4-6-9-17/h4-6,8-9,15-16,18-19H,7,10-14H2,1-3H3. The van der Waals surface area contributed by atoms with E-state index in [1.54, 1.807) is 0 Å². The molecule has 1 fully saturated rings. The minimum Gasteiger partial charge on any atom is -0.311 e. The zero-order chi connectivity index (χ0) is 14.4. The highest BCUT2D eigenvalue weighted by molar-refractivity contribution is 5.18. The summed E-state index contributed by atoms with van der Waals surface area (Å²) in [6.45, 7) is 10.6. The highest BCUT2D eigenvalue weighted by Gasteiger charge is 2.20. The molecule has 0 bridgehead atoms. The summed E-state index contributed by atoms with van der Waals surface area (Å²) in [7, 11) is 0. The van der Waals surface area contributed by atoms with E-state index in [0.717, 1.165) is 0 Å². The van der Waals surface area contributed by atoms with Crippen LogP contribution in [0.3, 0.4) is 0 Å². The summed E-state index contributed by atoms with van der Waals surface area (Å²) in [5, 5.41) is 3.69. The fraction of sp³-hybridized carbons (Fsp3) is 0.667. The summed E-state index contributed by atoms with van der Waals surface area (Å²) in [6, 6.07) is 12.2. The molecule has 0 aliphatic carbocycles. The molecule has 112 valence electrons. The molecule has 0 radical (unpaired) electrons. The highest BCUT2D eigenvalue weighted by atomic mass is 15.2. The summed E-state index contributed by atoms with van der Waals surface area (Å²) in [6.07, 6.45) is 3.94. The zero-order valence-electron chi connectivity index (χ0n) is 13.3. The van der Waals surface area contributed by atoms with Crippen molar-refractivity contribution >= 4 is 0 Å². The number of benzene rings is 1. The van der Waals surface area contributed by atoms with Crippen LogP contribution in [0.15, 0.2) is 30.3 Å². The van der Waals surface area contributed by atoms with E-state index in [1.807, 2.05) is 0 Å². The molecule has 2 nitrogen and oxygen atoms in total. The lowest BCUT2D eigenvalue weighted by Crippen LogP contribution is -2.48. The molecule has 1 heterocycles. The second kappa shape index (κ2) is 7.80. The normalized spacial score (nSPS) is 22.1. The Balaban J connectivity index is 1.76. The van der Waals surface area contributed by atoms with Gasteiger partial charge in [-0.25, -0.2) is 0 Å². The number of nitrogens with zero attached hydrogens (tertiary/aromatic N) is 1. The van der Waals surface area contributed by atoms with Gasteiger partial charge in [-0.3, -0.25) is 0 Å². The third-order valence-electron chi connectivity index (χ3n) is 4.32. The van der Waals surface area contributed by atoms with E-state index in [2.05, 4.69) is 61.3 Å². The van der Waals surface area contributed by atoms with Crippen LogP contribution in [0.2, 0.25) is 0 Å². The smallest absolute Gasteiger partial charge is 0.0197 e. The molecular formula is C18H30N2. The highest BCUT2D eigenvalue weighted by Crippen LogP contribution is 2.20. The largest absolute Gasteiger partial charge is 0.311 e. The van der Waals surface area contributed by atoms with E-state index >= 15 is 0 Å². The topological polar surface area (TPSA) is 15.3 Å². The van der Waals surface area contributed by atoms with Crippen LogP contribution in [-0.2, 0) is 0 Å². The molecule has 0 amide bonds. The van der Waals surface area contributed by atoms with Crippen molar-refractivity contribution in [2.75, 3.05) is 19.6 Å². The van der Waals surface area contributed by atoms with Gasteiger partial charge in [0.15, 0.2) is 0 Å². The Labute approximate surface area is 124 Å². The molecule has 0 aromatic heterocycles. The van der Waals surface area contributed by atoms with Gasteiger partial charge < -0.3 is 10.2 Å². The van der Waals surface area contributed by atoms with E-state index in [-0.39, 0.29) is 0 Å². The minimum atomic E-state index is 0.600. The van der Waals surface area contributed by atoms with Crippen molar-refractivity contribution in [1.29, 1.82) is 0 Å². The van der Waals surface area contributed by atoms with Gasteiger partial charge in [0.1, 0.15) is 0 Å². The van der Waals surface area contributed by atoms with Gasteiger partial charge >= 0.3 is 0 Å². The molecule has 20 heavy (non-hydrogen) atoms. The third-order valence-corrected chi connectivity index (χ3v) is 4.32. The van der Waals surface area contributed by atoms with Gasteiger partial charge in [-0.1, -0.05) is 51.1 Å². The lowest BCUT2D eigenvalue weighted by molar-refractivity contribution is 0.181. The molecule has 2 unspecified atom stereocenters. The van der Waals surface area contributed by atoms with Gasteiger partial charge in [-0.05, 0) is 43.8 Å². The van der Waals surface area contributed by atoms with Gasteiger partial charge in [0, 0.05) is 18.6 Å². The van der Waals surface area contributed by atoms with Crippen LogP contribution in [0.4, 0.5) is 0 Å². The molecule has 1 saturated heterocycles. The third kappa shape index (κ3) is 4.92. The van der Waals surface area contributed by atoms with Gasteiger partial charge in [-0.2, -0.15) is 0 Å². The van der Waals surface area contributed by atoms with Crippen LogP contribution in [0.5, 0.6) is 0 Å². The first kappa shape index (κ1) is 15.5. The number of hydrogen-bond acceptors (Lipinski definition) is 2. The first-order valence-electron chi connectivity index (χ1n) is 8.18. The Morgan fingerprint density at radius 3 is 2.65 bits per heavy atom. The molecule has 1 N–H and O–H groups in total. The molecule has 2 heteroatoms. The van der Waals surface area contributed by atoms with Crippen molar-refractivity contribution in [2.45, 2.75) is 58.0 Å². The fourth-order valence-electron chi connectivity index (χ4n) is 3.19. The minimum absolute atomic E-state index is 0.600. The van der Waals surface area contributed by atoms with E-state index in [1.165, 1.54) is 44.5 Å². The van der Waals surface area contributed by atoms with Gasteiger partial charge in [0.2, 0.25) is 0 Å². The van der Waals surface area contributed by atoms with E-state index < -0.39 is 0 Å². The van der Waals surface area contributed by atoms with Crippen LogP contribution in [0.1, 0.15) is 51.5 Å². The van der Waals surface area contributed by atoms with Crippen molar-refractivity contribution in [1.82, 2.24) is 10.2 Å². The van der Waals surface area contributed by atoms with Gasteiger partial charge in [0.05, 0.1) is 0 Å². The monoisotopic (exact) mass is 274 g/mol. The van der Waals surface area contributed by atoms with Crippen LogP contribution < -0.4 is 5.32 Å². The molecule has 1 aromatic rings. The SMILES string of the molecule is CC(C)NC1CCCN(CCC(C)c2ccccc2)C1. The Morgan fingerprint density at radius 2 is 1.95 bits per heavy atom. The lowest BCUT2D eigenvalue weighted by atomic mass is 9.97. The quantitative estimate of drug-likeness (QED) is 0.852. The Kier molecular flexibility index (Phi) is 6.06. The van der Waals surface area contributed by atoms with Crippen LogP contribution in [-0.4, -0.2) is 36.6 Å². The molecule has 0 spiro atoms. The average Bonchev–Trinajstić information content (AvgIpc) is 2.45.